The van der Waals surface area contributed by atoms with Crippen LogP contribution >= 0.6 is 0 Å². The summed E-state index contributed by atoms with van der Waals surface area (Å²) in [5.41, 5.74) is 10.0. The Morgan fingerprint density at radius 2 is 1.74 bits per heavy atom. The second kappa shape index (κ2) is 10.4. The predicted octanol–water partition coefficient (Wildman–Crippen LogP) is 4.27. The van der Waals surface area contributed by atoms with Gasteiger partial charge in [-0.05, 0) is 47.2 Å². The number of aliphatic imine (C=N–C) groups is 1. The van der Waals surface area contributed by atoms with Crippen molar-refractivity contribution in [2.24, 2.45) is 10.7 Å². The third kappa shape index (κ3) is 4.70. The first-order valence-electron chi connectivity index (χ1n) is 13.2. The van der Waals surface area contributed by atoms with E-state index in [0.717, 1.165) is 35.1 Å². The Morgan fingerprint density at radius 3 is 2.45 bits per heavy atom. The number of fused-ring (bicyclic) bond motifs is 1. The van der Waals surface area contributed by atoms with E-state index in [1.165, 1.54) is 0 Å². The van der Waals surface area contributed by atoms with Gasteiger partial charge in [-0.15, -0.1) is 0 Å². The number of rotatable bonds is 7. The monoisotopic (exact) mass is 510 g/mol. The van der Waals surface area contributed by atoms with Crippen LogP contribution in [0.1, 0.15) is 77.8 Å². The number of amides is 2. The minimum atomic E-state index is -0.684. The minimum Gasteiger partial charge on any atom is -0.390 e. The molecular formula is C31H34N4O3. The molecule has 0 saturated carbocycles. The summed E-state index contributed by atoms with van der Waals surface area (Å²) in [6.07, 6.45) is 1.56. The molecule has 0 saturated heterocycles. The summed E-state index contributed by atoms with van der Waals surface area (Å²) in [5, 5.41) is 13.6. The van der Waals surface area contributed by atoms with E-state index in [-0.39, 0.29) is 24.2 Å². The van der Waals surface area contributed by atoms with E-state index >= 15 is 0 Å². The zero-order valence-electron chi connectivity index (χ0n) is 21.8. The van der Waals surface area contributed by atoms with Crippen LogP contribution in [0.3, 0.4) is 0 Å². The van der Waals surface area contributed by atoms with Crippen molar-refractivity contribution in [3.63, 3.8) is 0 Å². The summed E-state index contributed by atoms with van der Waals surface area (Å²) in [6.45, 7) is 4.05. The molecular weight excluding hydrogens is 476 g/mol. The molecule has 0 fully saturated rings. The van der Waals surface area contributed by atoms with E-state index in [9.17, 15) is 14.7 Å². The van der Waals surface area contributed by atoms with Crippen molar-refractivity contribution in [3.05, 3.63) is 107 Å². The number of benzene rings is 3. The number of aliphatic hydroxyl groups excluding tert-OH is 1. The lowest BCUT2D eigenvalue weighted by atomic mass is 9.86. The fraction of sp³-hybridized carbons (Fsp3) is 0.323. The predicted molar refractivity (Wildman–Crippen MR) is 147 cm³/mol. The van der Waals surface area contributed by atoms with Gasteiger partial charge in [0.15, 0.2) is 5.96 Å². The first-order valence-corrected chi connectivity index (χ1v) is 13.2. The number of carbonyl (C=O) groups is 2. The van der Waals surface area contributed by atoms with Crippen LogP contribution in [0.25, 0.3) is 0 Å². The van der Waals surface area contributed by atoms with Crippen LogP contribution in [0.4, 0.5) is 0 Å². The third-order valence-corrected chi connectivity index (χ3v) is 7.99. The lowest BCUT2D eigenvalue weighted by molar-refractivity contribution is -0.131. The van der Waals surface area contributed by atoms with E-state index in [1.54, 1.807) is 17.0 Å². The van der Waals surface area contributed by atoms with Crippen molar-refractivity contribution in [3.8, 4) is 0 Å². The molecule has 3 aromatic rings. The second-order valence-electron chi connectivity index (χ2n) is 10.2. The fourth-order valence-electron chi connectivity index (χ4n) is 5.71. The van der Waals surface area contributed by atoms with Gasteiger partial charge in [0.05, 0.1) is 30.1 Å². The highest BCUT2D eigenvalue weighted by Gasteiger charge is 2.41. The van der Waals surface area contributed by atoms with Gasteiger partial charge in [-0.25, -0.2) is 4.99 Å². The van der Waals surface area contributed by atoms with Crippen molar-refractivity contribution in [1.29, 1.82) is 0 Å². The average Bonchev–Trinajstić information content (AvgIpc) is 3.25. The Labute approximate surface area is 223 Å². The first-order chi connectivity index (χ1) is 18.4. The van der Waals surface area contributed by atoms with Gasteiger partial charge in [-0.1, -0.05) is 80.6 Å². The zero-order valence-corrected chi connectivity index (χ0v) is 21.8. The van der Waals surface area contributed by atoms with Crippen LogP contribution in [0.15, 0.2) is 83.9 Å². The molecule has 7 nitrogen and oxygen atoms in total. The molecule has 1 heterocycles. The minimum absolute atomic E-state index is 0.0874. The van der Waals surface area contributed by atoms with Crippen molar-refractivity contribution in [2.45, 2.75) is 63.3 Å². The van der Waals surface area contributed by atoms with Gasteiger partial charge >= 0.3 is 0 Å². The lowest BCUT2D eigenvalue weighted by Crippen LogP contribution is -2.52. The molecule has 2 aliphatic rings. The quantitative estimate of drug-likeness (QED) is 0.441. The number of guanidine groups is 1. The van der Waals surface area contributed by atoms with Crippen LogP contribution in [0, 0.1) is 0 Å². The second-order valence-corrected chi connectivity index (χ2v) is 10.2. The molecule has 1 aliphatic carbocycles. The largest absolute Gasteiger partial charge is 0.390 e. The van der Waals surface area contributed by atoms with Crippen LogP contribution in [0.5, 0.6) is 0 Å². The van der Waals surface area contributed by atoms with Crippen molar-refractivity contribution >= 4 is 17.8 Å². The number of aliphatic hydroxyl groups is 1. The SMILES string of the molecule is CCC1(CC)CC(=O)N(C(c2ccccc2)c2cccc(C(=O)N[C@@H]3c4ccccc4C[C@H]3O)c2)C(N)=N1. The van der Waals surface area contributed by atoms with E-state index in [2.05, 4.69) is 5.32 Å². The van der Waals surface area contributed by atoms with Crippen molar-refractivity contribution in [1.82, 2.24) is 10.2 Å². The van der Waals surface area contributed by atoms with E-state index < -0.39 is 23.7 Å². The van der Waals surface area contributed by atoms with Crippen LogP contribution in [-0.2, 0) is 11.2 Å². The highest BCUT2D eigenvalue weighted by atomic mass is 16.3. The Bertz CT molecular complexity index is 1370. The van der Waals surface area contributed by atoms with E-state index in [0.29, 0.717) is 12.0 Å². The average molecular weight is 511 g/mol. The summed E-state index contributed by atoms with van der Waals surface area (Å²) in [5.74, 6) is -0.183. The molecule has 1 aliphatic heterocycles. The van der Waals surface area contributed by atoms with Gasteiger partial charge in [-0.2, -0.15) is 0 Å². The van der Waals surface area contributed by atoms with Gasteiger partial charge in [0, 0.05) is 12.0 Å². The fourth-order valence-corrected chi connectivity index (χ4v) is 5.71. The summed E-state index contributed by atoms with van der Waals surface area (Å²) >= 11 is 0. The number of carbonyl (C=O) groups excluding carboxylic acids is 2. The number of nitrogens with zero attached hydrogens (tertiary/aromatic N) is 2. The molecule has 0 radical (unpaired) electrons. The summed E-state index contributed by atoms with van der Waals surface area (Å²) < 4.78 is 0. The summed E-state index contributed by atoms with van der Waals surface area (Å²) in [4.78, 5) is 33.3. The molecule has 196 valence electrons. The van der Waals surface area contributed by atoms with Gasteiger partial charge in [-0.3, -0.25) is 14.5 Å². The highest BCUT2D eigenvalue weighted by molar-refractivity contribution is 6.00. The molecule has 4 N–H and O–H groups in total. The molecule has 5 rings (SSSR count). The van der Waals surface area contributed by atoms with Gasteiger partial charge < -0.3 is 16.2 Å². The Kier molecular flexibility index (Phi) is 7.04. The van der Waals surface area contributed by atoms with E-state index in [1.807, 2.05) is 80.6 Å². The van der Waals surface area contributed by atoms with Crippen LogP contribution in [0.2, 0.25) is 0 Å². The maximum Gasteiger partial charge on any atom is 0.251 e. The lowest BCUT2D eigenvalue weighted by Gasteiger charge is -2.40. The van der Waals surface area contributed by atoms with Gasteiger partial charge in [0.2, 0.25) is 5.91 Å². The molecule has 0 aromatic heterocycles. The number of nitrogens with two attached hydrogens (primary N) is 1. The number of hydrogen-bond acceptors (Lipinski definition) is 5. The molecule has 0 bridgehead atoms. The molecule has 3 aromatic carbocycles. The molecule has 3 atom stereocenters. The third-order valence-electron chi connectivity index (χ3n) is 7.99. The number of hydrogen-bond donors (Lipinski definition) is 3. The molecule has 38 heavy (non-hydrogen) atoms. The molecule has 2 amide bonds. The molecule has 0 spiro atoms. The summed E-state index contributed by atoms with van der Waals surface area (Å²) in [6, 6.07) is 23.6. The molecule has 1 unspecified atom stereocenters. The topological polar surface area (TPSA) is 108 Å². The zero-order chi connectivity index (χ0) is 26.9. The first kappa shape index (κ1) is 25.7. The van der Waals surface area contributed by atoms with Gasteiger partial charge in [0.1, 0.15) is 0 Å². The van der Waals surface area contributed by atoms with Crippen molar-refractivity contribution in [2.75, 3.05) is 0 Å². The van der Waals surface area contributed by atoms with Crippen LogP contribution < -0.4 is 11.1 Å². The summed E-state index contributed by atoms with van der Waals surface area (Å²) in [7, 11) is 0. The standard InChI is InChI=1S/C31H34N4O3/c1-3-31(4-2)19-26(37)35(30(32)34-31)28(20-11-6-5-7-12-20)22-14-10-15-23(17-22)29(38)33-27-24-16-9-8-13-21(24)18-25(27)36/h5-17,25,27-28,36H,3-4,18-19H2,1-2H3,(H2,32,34)(H,33,38)/t25-,27-,28?/m1/s1. The Balaban J connectivity index is 1.50. The normalized spacial score (nSPS) is 21.0. The van der Waals surface area contributed by atoms with Crippen LogP contribution in [-0.4, -0.2) is 39.4 Å². The van der Waals surface area contributed by atoms with Gasteiger partial charge in [0.25, 0.3) is 5.91 Å². The molecule has 7 heteroatoms. The Morgan fingerprint density at radius 1 is 1.05 bits per heavy atom. The highest BCUT2D eigenvalue weighted by Crippen LogP contribution is 2.37. The Hall–Kier alpha value is -3.97. The maximum absolute atomic E-state index is 13.6. The smallest absolute Gasteiger partial charge is 0.251 e. The van der Waals surface area contributed by atoms with Crippen molar-refractivity contribution < 1.29 is 14.7 Å². The van der Waals surface area contributed by atoms with E-state index in [4.69, 9.17) is 10.7 Å². The number of nitrogens with one attached hydrogen (secondary N) is 1. The maximum atomic E-state index is 13.6.